The Morgan fingerprint density at radius 2 is 2.00 bits per heavy atom. The maximum absolute atomic E-state index is 10.8. The number of nitrogens with zero attached hydrogens (tertiary/aromatic N) is 1. The van der Waals surface area contributed by atoms with Gasteiger partial charge in [0.05, 0.1) is 11.5 Å². The highest BCUT2D eigenvalue weighted by atomic mass is 16.6. The molecule has 0 aliphatic rings. The fourth-order valence-corrected chi connectivity index (χ4v) is 1.48. The number of methoxy groups -OCH3 is 1. The van der Waals surface area contributed by atoms with Crippen molar-refractivity contribution >= 4 is 6.08 Å². The minimum Gasteiger partial charge on any atom is -0.380 e. The predicted octanol–water partition coefficient (Wildman–Crippen LogP) is 3.11. The average molecular weight is 235 g/mol. The summed E-state index contributed by atoms with van der Waals surface area (Å²) in [7, 11) is 1.64. The van der Waals surface area contributed by atoms with Gasteiger partial charge in [-0.15, -0.1) is 0 Å². The van der Waals surface area contributed by atoms with E-state index in [0.717, 1.165) is 11.1 Å². The van der Waals surface area contributed by atoms with E-state index in [-0.39, 0.29) is 16.5 Å². The first-order chi connectivity index (χ1) is 8.04. The summed E-state index contributed by atoms with van der Waals surface area (Å²) in [5.41, 5.74) is 2.12. The zero-order valence-electron chi connectivity index (χ0n) is 10.3. The second-order valence-corrected chi connectivity index (χ2v) is 4.16. The van der Waals surface area contributed by atoms with Crippen molar-refractivity contribution in [2.45, 2.75) is 20.5 Å². The summed E-state index contributed by atoms with van der Waals surface area (Å²) >= 11 is 0. The van der Waals surface area contributed by atoms with Crippen LogP contribution in [0.3, 0.4) is 0 Å². The minimum absolute atomic E-state index is 0.0938. The Balaban J connectivity index is 2.92. The molecule has 92 valence electrons. The molecule has 0 atom stereocenters. The zero-order valence-corrected chi connectivity index (χ0v) is 10.3. The van der Waals surface area contributed by atoms with Gasteiger partial charge in [-0.2, -0.15) is 0 Å². The van der Waals surface area contributed by atoms with Gasteiger partial charge in [0.15, 0.2) is 0 Å². The van der Waals surface area contributed by atoms with E-state index in [1.54, 1.807) is 13.2 Å². The highest BCUT2D eigenvalue weighted by molar-refractivity contribution is 5.51. The smallest absolute Gasteiger partial charge is 0.249 e. The van der Waals surface area contributed by atoms with Crippen LogP contribution in [0.5, 0.6) is 0 Å². The maximum Gasteiger partial charge on any atom is 0.249 e. The molecule has 4 heteroatoms. The largest absolute Gasteiger partial charge is 0.380 e. The predicted molar refractivity (Wildman–Crippen MR) is 67.0 cm³/mol. The second kappa shape index (κ2) is 6.15. The van der Waals surface area contributed by atoms with E-state index in [9.17, 15) is 10.1 Å². The summed E-state index contributed by atoms with van der Waals surface area (Å²) < 4.78 is 5.00. The summed E-state index contributed by atoms with van der Waals surface area (Å²) in [6.45, 7) is 4.18. The van der Waals surface area contributed by atoms with E-state index in [0.29, 0.717) is 6.61 Å². The van der Waals surface area contributed by atoms with Crippen LogP contribution >= 0.6 is 0 Å². The molecule has 0 fully saturated rings. The first-order valence-corrected chi connectivity index (χ1v) is 5.48. The summed E-state index contributed by atoms with van der Waals surface area (Å²) in [6.07, 6.45) is 1.61. The molecule has 1 rings (SSSR count). The van der Waals surface area contributed by atoms with Gasteiger partial charge in [-0.1, -0.05) is 38.1 Å². The van der Waals surface area contributed by atoms with Crippen LogP contribution < -0.4 is 0 Å². The molecule has 4 nitrogen and oxygen atoms in total. The fourth-order valence-electron chi connectivity index (χ4n) is 1.48. The first kappa shape index (κ1) is 13.4. The van der Waals surface area contributed by atoms with Gasteiger partial charge >= 0.3 is 0 Å². The minimum atomic E-state index is -0.326. The summed E-state index contributed by atoms with van der Waals surface area (Å²) in [4.78, 5) is 10.5. The molecule has 17 heavy (non-hydrogen) atoms. The Bertz CT molecular complexity index is 407. The topological polar surface area (TPSA) is 52.4 Å². The third-order valence-corrected chi connectivity index (χ3v) is 2.41. The molecular weight excluding hydrogens is 218 g/mol. The van der Waals surface area contributed by atoms with Crippen molar-refractivity contribution in [2.75, 3.05) is 7.11 Å². The van der Waals surface area contributed by atoms with Crippen LogP contribution in [0, 0.1) is 16.0 Å². The lowest BCUT2D eigenvalue weighted by Gasteiger charge is -2.03. The number of benzene rings is 1. The van der Waals surface area contributed by atoms with Crippen LogP contribution in [-0.4, -0.2) is 12.0 Å². The van der Waals surface area contributed by atoms with Gasteiger partial charge < -0.3 is 4.74 Å². The molecule has 0 unspecified atom stereocenters. The Morgan fingerprint density at radius 1 is 1.41 bits per heavy atom. The van der Waals surface area contributed by atoms with E-state index >= 15 is 0 Å². The molecular formula is C13H17NO3. The Kier molecular flexibility index (Phi) is 4.84. The van der Waals surface area contributed by atoms with Crippen LogP contribution in [0.2, 0.25) is 0 Å². The van der Waals surface area contributed by atoms with Gasteiger partial charge in [0.1, 0.15) is 0 Å². The lowest BCUT2D eigenvalue weighted by Crippen LogP contribution is -2.05. The highest BCUT2D eigenvalue weighted by Crippen LogP contribution is 2.16. The van der Waals surface area contributed by atoms with Gasteiger partial charge in [0.2, 0.25) is 5.70 Å². The normalized spacial score (nSPS) is 11.9. The van der Waals surface area contributed by atoms with Crippen molar-refractivity contribution in [3.05, 3.63) is 51.2 Å². The molecule has 0 aliphatic heterocycles. The number of allylic oxidation sites excluding steroid dienone is 1. The molecule has 0 aliphatic carbocycles. The highest BCUT2D eigenvalue weighted by Gasteiger charge is 2.15. The Labute approximate surface area is 101 Å². The Morgan fingerprint density at radius 3 is 2.41 bits per heavy atom. The molecule has 0 N–H and O–H groups in total. The Hall–Kier alpha value is -1.68. The van der Waals surface area contributed by atoms with Crippen LogP contribution in [0.1, 0.15) is 25.0 Å². The molecule has 1 aromatic rings. The third-order valence-electron chi connectivity index (χ3n) is 2.41. The van der Waals surface area contributed by atoms with Crippen molar-refractivity contribution < 1.29 is 9.66 Å². The fraction of sp³-hybridized carbons (Fsp3) is 0.385. The number of hydrogen-bond acceptors (Lipinski definition) is 3. The molecule has 0 spiro atoms. The monoisotopic (exact) mass is 235 g/mol. The quantitative estimate of drug-likeness (QED) is 0.582. The standard InChI is InChI=1S/C13H17NO3/c1-10(2)13(14(15)16)8-11-4-6-12(7-5-11)9-17-3/h4-8,10H,9H2,1-3H3/b13-8-. The number of nitro groups is 1. The molecule has 0 saturated heterocycles. The molecule has 0 heterocycles. The first-order valence-electron chi connectivity index (χ1n) is 5.48. The van der Waals surface area contributed by atoms with Crippen molar-refractivity contribution in [3.8, 4) is 0 Å². The van der Waals surface area contributed by atoms with E-state index < -0.39 is 0 Å². The van der Waals surface area contributed by atoms with Crippen molar-refractivity contribution in [1.82, 2.24) is 0 Å². The van der Waals surface area contributed by atoms with Crippen LogP contribution in [-0.2, 0) is 11.3 Å². The van der Waals surface area contributed by atoms with Crippen LogP contribution in [0.15, 0.2) is 30.0 Å². The molecule has 0 amide bonds. The SMILES string of the molecule is COCc1ccc(/C=C(/C(C)C)[N+](=O)[O-])cc1. The lowest BCUT2D eigenvalue weighted by molar-refractivity contribution is -0.431. The van der Waals surface area contributed by atoms with Gasteiger partial charge in [-0.3, -0.25) is 10.1 Å². The lowest BCUT2D eigenvalue weighted by atomic mass is 10.1. The maximum atomic E-state index is 10.8. The van der Waals surface area contributed by atoms with E-state index in [2.05, 4.69) is 0 Å². The number of rotatable bonds is 5. The van der Waals surface area contributed by atoms with E-state index in [4.69, 9.17) is 4.74 Å². The third kappa shape index (κ3) is 4.00. The van der Waals surface area contributed by atoms with Gasteiger partial charge in [-0.25, -0.2) is 0 Å². The second-order valence-electron chi connectivity index (χ2n) is 4.16. The molecule has 0 bridgehead atoms. The van der Waals surface area contributed by atoms with Gasteiger partial charge in [0, 0.05) is 19.1 Å². The summed E-state index contributed by atoms with van der Waals surface area (Å²) in [5, 5.41) is 10.8. The number of hydrogen-bond donors (Lipinski definition) is 0. The molecule has 0 saturated carbocycles. The van der Waals surface area contributed by atoms with E-state index in [1.807, 2.05) is 38.1 Å². The number of ether oxygens (including phenoxy) is 1. The average Bonchev–Trinajstić information content (AvgIpc) is 2.27. The molecule has 0 aromatic heterocycles. The van der Waals surface area contributed by atoms with E-state index in [1.165, 1.54) is 0 Å². The summed E-state index contributed by atoms with van der Waals surface area (Å²) in [6, 6.07) is 7.54. The zero-order chi connectivity index (χ0) is 12.8. The van der Waals surface area contributed by atoms with Crippen molar-refractivity contribution in [3.63, 3.8) is 0 Å². The van der Waals surface area contributed by atoms with Crippen molar-refractivity contribution in [2.24, 2.45) is 5.92 Å². The van der Waals surface area contributed by atoms with Crippen molar-refractivity contribution in [1.29, 1.82) is 0 Å². The summed E-state index contributed by atoms with van der Waals surface area (Å²) in [5.74, 6) is -0.0938. The molecule has 1 aromatic carbocycles. The van der Waals surface area contributed by atoms with Crippen LogP contribution in [0.25, 0.3) is 6.08 Å². The van der Waals surface area contributed by atoms with Gasteiger partial charge in [0.25, 0.3) is 0 Å². The van der Waals surface area contributed by atoms with Gasteiger partial charge in [-0.05, 0) is 11.1 Å². The van der Waals surface area contributed by atoms with Crippen LogP contribution in [0.4, 0.5) is 0 Å². The molecule has 0 radical (unpaired) electrons.